The van der Waals surface area contributed by atoms with Crippen molar-refractivity contribution in [3.05, 3.63) is 404 Å². The van der Waals surface area contributed by atoms with Gasteiger partial charge in [-0.3, -0.25) is 0 Å². The fourth-order valence-corrected chi connectivity index (χ4v) is 18.6. The number of hydrogen-bond acceptors (Lipinski definition) is 1. The quantitative estimate of drug-likeness (QED) is 0.163. The van der Waals surface area contributed by atoms with Crippen molar-refractivity contribution < 1.29 is 0 Å². The van der Waals surface area contributed by atoms with E-state index in [9.17, 15) is 0 Å². The third-order valence-electron chi connectivity index (χ3n) is 24.2. The van der Waals surface area contributed by atoms with E-state index in [0.717, 1.165) is 6.42 Å². The molecule has 718 valence electrons. The number of rotatable bonds is 6. The summed E-state index contributed by atoms with van der Waals surface area (Å²) in [5.74, 6) is 0.562. The molecule has 5 aromatic heterocycles. The molecule has 0 atom stereocenters. The average molecular weight is 1830 g/mol. The summed E-state index contributed by atoms with van der Waals surface area (Å²) >= 11 is 0. The van der Waals surface area contributed by atoms with Gasteiger partial charge >= 0.3 is 0 Å². The van der Waals surface area contributed by atoms with Crippen LogP contribution in [0.15, 0.2) is 376 Å². The molecule has 6 nitrogen and oxygen atoms in total. The first kappa shape index (κ1) is 108. The lowest BCUT2D eigenvalue weighted by atomic mass is 9.85. The Morgan fingerprint density at radius 2 is 0.543 bits per heavy atom. The summed E-state index contributed by atoms with van der Waals surface area (Å²) in [5.41, 5.74) is 26.6. The Labute approximate surface area is 829 Å². The summed E-state index contributed by atoms with van der Waals surface area (Å²) in [4.78, 5) is 2.44. The number of hydrogen-bond donors (Lipinski definition) is 0. The van der Waals surface area contributed by atoms with E-state index >= 15 is 0 Å². The molecular formula is C132H160N6. The predicted octanol–water partition coefficient (Wildman–Crippen LogP) is 40.5. The third-order valence-corrected chi connectivity index (χ3v) is 24.2. The van der Waals surface area contributed by atoms with E-state index in [4.69, 9.17) is 0 Å². The maximum absolute atomic E-state index is 2.49. The number of para-hydroxylation sites is 12. The van der Waals surface area contributed by atoms with Crippen LogP contribution in [0.1, 0.15) is 254 Å². The van der Waals surface area contributed by atoms with Crippen molar-refractivity contribution in [3.8, 4) is 17.1 Å². The number of fused-ring (bicyclic) bond motifs is 19. The normalized spacial score (nSPS) is 11.2. The highest BCUT2D eigenvalue weighted by Crippen LogP contribution is 2.44. The molecular weight excluding hydrogens is 1670 g/mol. The number of anilines is 2. The van der Waals surface area contributed by atoms with Crippen LogP contribution < -0.4 is 4.90 Å². The molecule has 22 rings (SSSR count). The third kappa shape index (κ3) is 23.7. The van der Waals surface area contributed by atoms with Crippen molar-refractivity contribution in [2.75, 3.05) is 4.90 Å². The maximum atomic E-state index is 2.49. The van der Waals surface area contributed by atoms with Gasteiger partial charge in [0.05, 0.1) is 38.6 Å². The van der Waals surface area contributed by atoms with E-state index in [2.05, 4.69) is 508 Å². The van der Waals surface area contributed by atoms with Crippen molar-refractivity contribution in [1.82, 2.24) is 22.8 Å². The molecule has 1 aliphatic heterocycles. The largest absolute Gasteiger partial charge is 0.338 e. The fourth-order valence-electron chi connectivity index (χ4n) is 18.6. The van der Waals surface area contributed by atoms with Gasteiger partial charge in [-0.05, 0) is 195 Å². The van der Waals surface area contributed by atoms with Crippen LogP contribution in [0.25, 0.3) is 137 Å². The Hall–Kier alpha value is -13.4. The monoisotopic (exact) mass is 1830 g/mol. The molecule has 6 heterocycles. The van der Waals surface area contributed by atoms with Gasteiger partial charge in [-0.25, -0.2) is 0 Å². The Kier molecular flexibility index (Phi) is 40.1. The first-order chi connectivity index (χ1) is 67.0. The van der Waals surface area contributed by atoms with Gasteiger partial charge in [0.2, 0.25) is 0 Å². The molecule has 1 aliphatic rings. The summed E-state index contributed by atoms with van der Waals surface area (Å²) in [6.07, 6.45) is 1.05. The zero-order valence-corrected chi connectivity index (χ0v) is 89.4. The molecule has 0 amide bonds. The van der Waals surface area contributed by atoms with Gasteiger partial charge in [-0.15, -0.1) is 0 Å². The summed E-state index contributed by atoms with van der Waals surface area (Å²) in [6.45, 7) is 65.9. The molecule has 21 aromatic rings. The Morgan fingerprint density at radius 1 is 0.232 bits per heavy atom. The molecule has 138 heavy (non-hydrogen) atoms. The highest BCUT2D eigenvalue weighted by atomic mass is 15.2. The number of nitrogens with zero attached hydrogens (tertiary/aromatic N) is 6. The molecule has 0 saturated heterocycles. The lowest BCUT2D eigenvalue weighted by molar-refractivity contribution is 0.424. The molecule has 6 heteroatoms. The van der Waals surface area contributed by atoms with E-state index in [0.29, 0.717) is 18.0 Å². The second kappa shape index (κ2) is 51.1. The van der Waals surface area contributed by atoms with Crippen LogP contribution in [0.3, 0.4) is 0 Å². The molecule has 0 fully saturated rings. The van der Waals surface area contributed by atoms with Gasteiger partial charge in [0.25, 0.3) is 0 Å². The Balaban J connectivity index is 0.000000180. The second-order valence-corrected chi connectivity index (χ2v) is 36.5. The van der Waals surface area contributed by atoms with Crippen LogP contribution in [0.2, 0.25) is 0 Å². The first-order valence-corrected chi connectivity index (χ1v) is 51.6. The minimum atomic E-state index is 0.0471. The summed E-state index contributed by atoms with van der Waals surface area (Å²) in [6, 6.07) is 136. The standard InChI is InChI=1S/2C22H21N.C21H19N.C20H19N.C16H17N.C15H15N.8C2H6/c1-22(2,3)18-12-6-9-15-21(18)23-19-13-7-4-10-16(19)17-11-5-8-14-20(17)23;1-22(2,3)16-9-8-10-17(15-16)23-20-13-6-4-11-18(20)19-12-5-7-14-21(19)23;1-15(2)16-11-13-17(14-12-16)22-20-9-5-3-7-18(20)19-8-4-6-10-21(19)22;1-20(2,3)21-18-11-7-6-10-16(18)17-13-12-14-8-4-5-9-15(14)19(17)21;1-12(2)17-15-9-5-3-7-13(15)11-14-8-4-6-10-16(14)17;1-11(2)16-14-9-5-3-7-12(14)13-8-4-6-10-15(13)16;8*1-2/h2*4-15H,1-3H3;3-15H,1-2H3;4-13H,1-3H3;3-10,12H,11H2,1-2H3;3-11H,1-2H3;8*1-2H3. The number of aromatic nitrogens is 5. The summed E-state index contributed by atoms with van der Waals surface area (Å²) < 4.78 is 12.0. The van der Waals surface area contributed by atoms with E-state index < -0.39 is 0 Å². The van der Waals surface area contributed by atoms with E-state index in [1.54, 1.807) is 0 Å². The molecule has 16 aromatic carbocycles. The second-order valence-electron chi connectivity index (χ2n) is 36.5. The lowest BCUT2D eigenvalue weighted by Crippen LogP contribution is -2.29. The highest BCUT2D eigenvalue weighted by molar-refractivity contribution is 6.18. The van der Waals surface area contributed by atoms with E-state index in [1.807, 2.05) is 111 Å². The Bertz CT molecular complexity index is 7090. The zero-order valence-electron chi connectivity index (χ0n) is 89.4. The molecule has 0 radical (unpaired) electrons. The van der Waals surface area contributed by atoms with Crippen molar-refractivity contribution in [2.45, 2.75) is 255 Å². The average Bonchev–Trinajstić information content (AvgIpc) is 1.49. The van der Waals surface area contributed by atoms with Gasteiger partial charge in [-0.2, -0.15) is 0 Å². The minimum absolute atomic E-state index is 0.0471. The summed E-state index contributed by atoms with van der Waals surface area (Å²) in [7, 11) is 0. The van der Waals surface area contributed by atoms with Gasteiger partial charge in [0, 0.05) is 128 Å². The topological polar surface area (TPSA) is 27.9 Å². The van der Waals surface area contributed by atoms with Crippen LogP contribution in [0.4, 0.5) is 11.4 Å². The SMILES string of the molecule is CC.CC.CC.CC.CC.CC.CC.CC.CC(C)(C)c1cccc(-n2c3ccccc3c3ccccc32)c1.CC(C)(C)c1ccccc1-n1c2ccccc2c2ccccc21.CC(C)(C)n1c2ccccc2c2ccc3ccccc3c21.CC(C)N1c2ccccc2Cc2ccccc21.CC(C)c1ccc(-n2c3ccccc3c3ccccc32)cc1.CC(C)n1c2ccccc2c2ccccc21. The van der Waals surface area contributed by atoms with Crippen LogP contribution in [0.5, 0.6) is 0 Å². The molecule has 0 aliphatic carbocycles. The smallest absolute Gasteiger partial charge is 0.0576 e. The molecule has 0 bridgehead atoms. The van der Waals surface area contributed by atoms with E-state index in [-0.39, 0.29) is 16.4 Å². The highest BCUT2D eigenvalue weighted by Gasteiger charge is 2.27. The summed E-state index contributed by atoms with van der Waals surface area (Å²) in [5, 5.41) is 15.9. The maximum Gasteiger partial charge on any atom is 0.0576 e. The number of benzene rings is 16. The van der Waals surface area contributed by atoms with Crippen LogP contribution in [-0.2, 0) is 22.8 Å². The van der Waals surface area contributed by atoms with Crippen LogP contribution in [0, 0.1) is 0 Å². The molecule has 0 N–H and O–H groups in total. The van der Waals surface area contributed by atoms with Crippen molar-refractivity contribution in [1.29, 1.82) is 0 Å². The molecule has 0 saturated carbocycles. The minimum Gasteiger partial charge on any atom is -0.338 e. The Morgan fingerprint density at radius 3 is 0.906 bits per heavy atom. The van der Waals surface area contributed by atoms with Crippen molar-refractivity contribution in [2.24, 2.45) is 0 Å². The van der Waals surface area contributed by atoms with Crippen LogP contribution in [-0.4, -0.2) is 28.9 Å². The van der Waals surface area contributed by atoms with Gasteiger partial charge in [0.15, 0.2) is 0 Å². The van der Waals surface area contributed by atoms with Crippen molar-refractivity contribution >= 4 is 131 Å². The van der Waals surface area contributed by atoms with Crippen LogP contribution >= 0.6 is 0 Å². The fraction of sp³-hybridized carbons (Fsp3) is 0.288. The van der Waals surface area contributed by atoms with Gasteiger partial charge in [-0.1, -0.05) is 445 Å². The van der Waals surface area contributed by atoms with E-state index in [1.165, 1.54) is 176 Å². The predicted molar refractivity (Wildman–Crippen MR) is 619 cm³/mol. The van der Waals surface area contributed by atoms with Gasteiger partial charge in [0.1, 0.15) is 0 Å². The first-order valence-electron chi connectivity index (χ1n) is 51.6. The lowest BCUT2D eigenvalue weighted by Gasteiger charge is -2.36. The van der Waals surface area contributed by atoms with Crippen molar-refractivity contribution in [3.63, 3.8) is 0 Å². The molecule has 0 spiro atoms. The zero-order chi connectivity index (χ0) is 101. The molecule has 0 unspecified atom stereocenters. The van der Waals surface area contributed by atoms with Gasteiger partial charge < -0.3 is 27.7 Å².